The molecule has 2 aliphatic heterocycles. The van der Waals surface area contributed by atoms with Crippen LogP contribution in [0.2, 0.25) is 0 Å². The predicted octanol–water partition coefficient (Wildman–Crippen LogP) is 15.7. The molecule has 0 bridgehead atoms. The second kappa shape index (κ2) is 42.0. The number of hydrogen-bond acceptors (Lipinski definition) is 8. The van der Waals surface area contributed by atoms with Gasteiger partial charge in [-0.3, -0.25) is 9.59 Å². The van der Waals surface area contributed by atoms with E-state index < -0.39 is 0 Å². The van der Waals surface area contributed by atoms with Gasteiger partial charge in [0, 0.05) is 24.6 Å². The summed E-state index contributed by atoms with van der Waals surface area (Å²) in [6.07, 6.45) is 43.8. The Bertz CT molecular complexity index is 1000. The summed E-state index contributed by atoms with van der Waals surface area (Å²) < 4.78 is 11.2. The van der Waals surface area contributed by atoms with Crippen LogP contribution in [0.15, 0.2) is 0 Å². The lowest BCUT2D eigenvalue weighted by Crippen LogP contribution is -2.35. The van der Waals surface area contributed by atoms with Crippen LogP contribution in [0.25, 0.3) is 0 Å². The molecule has 6 nitrogen and oxygen atoms in total. The van der Waals surface area contributed by atoms with Gasteiger partial charge >= 0.3 is 11.9 Å². The van der Waals surface area contributed by atoms with Gasteiger partial charge < -0.3 is 19.3 Å². The van der Waals surface area contributed by atoms with Gasteiger partial charge in [-0.25, -0.2) is 0 Å². The highest BCUT2D eigenvalue weighted by atomic mass is 33.1. The highest BCUT2D eigenvalue weighted by Crippen LogP contribution is 2.29. The van der Waals surface area contributed by atoms with Gasteiger partial charge in [0.25, 0.3) is 0 Å². The highest BCUT2D eigenvalue weighted by Gasteiger charge is 2.22. The first-order valence-electron chi connectivity index (χ1n) is 27.3. The van der Waals surface area contributed by atoms with Crippen molar-refractivity contribution in [2.75, 3.05) is 64.0 Å². The number of piperidine rings is 2. The van der Waals surface area contributed by atoms with Gasteiger partial charge in [0.1, 0.15) is 0 Å². The zero-order chi connectivity index (χ0) is 44.6. The van der Waals surface area contributed by atoms with Crippen molar-refractivity contribution in [3.8, 4) is 0 Å². The minimum Gasteiger partial charge on any atom is -0.466 e. The number of rotatable bonds is 43. The molecule has 0 aromatic rings. The molecule has 2 unspecified atom stereocenters. The smallest absolute Gasteiger partial charge is 0.306 e. The minimum absolute atomic E-state index is 0.127. The number of carbonyl (C=O) groups is 2. The van der Waals surface area contributed by atoms with Gasteiger partial charge in [-0.05, 0) is 108 Å². The van der Waals surface area contributed by atoms with Gasteiger partial charge in [0.15, 0.2) is 0 Å². The van der Waals surface area contributed by atoms with E-state index in [-0.39, 0.29) is 24.8 Å². The van der Waals surface area contributed by atoms with Crippen molar-refractivity contribution in [3.63, 3.8) is 0 Å². The van der Waals surface area contributed by atoms with E-state index in [1.165, 1.54) is 217 Å². The molecule has 62 heavy (non-hydrogen) atoms. The Labute approximate surface area is 394 Å². The maximum absolute atomic E-state index is 12.5. The van der Waals surface area contributed by atoms with Gasteiger partial charge in [0.2, 0.25) is 0 Å². The average Bonchev–Trinajstić information content (AvgIpc) is 3.28. The molecule has 0 amide bonds. The van der Waals surface area contributed by atoms with Gasteiger partial charge in [-0.1, -0.05) is 197 Å². The lowest BCUT2D eigenvalue weighted by atomic mass is 9.86. The van der Waals surface area contributed by atoms with E-state index in [2.05, 4.69) is 65.5 Å². The van der Waals surface area contributed by atoms with Crippen molar-refractivity contribution in [2.45, 2.75) is 240 Å². The second-order valence-electron chi connectivity index (χ2n) is 19.7. The molecule has 2 heterocycles. The topological polar surface area (TPSA) is 59.1 Å². The van der Waals surface area contributed by atoms with Crippen LogP contribution in [-0.4, -0.2) is 85.7 Å². The Morgan fingerprint density at radius 3 is 1.52 bits per heavy atom. The lowest BCUT2D eigenvalue weighted by Gasteiger charge is -2.32. The number of esters is 2. The third-order valence-electron chi connectivity index (χ3n) is 14.2. The number of hydrogen-bond donors (Lipinski definition) is 0. The Morgan fingerprint density at radius 1 is 0.532 bits per heavy atom. The van der Waals surface area contributed by atoms with Crippen molar-refractivity contribution < 1.29 is 19.1 Å². The van der Waals surface area contributed by atoms with Crippen LogP contribution in [0.4, 0.5) is 0 Å². The summed E-state index contributed by atoms with van der Waals surface area (Å²) in [5.74, 6) is 4.90. The average molecular weight is 909 g/mol. The molecule has 0 aliphatic carbocycles. The van der Waals surface area contributed by atoms with E-state index in [9.17, 15) is 9.59 Å². The SMILES string of the molecule is CCCCCC[CH]CC(CCCCCC)CCCC1CCN(CCSSCCN2CCC(CCOC(=O)CCC(=O)OCC(CCCCCC)CCCCCCCC)CC2)CC1. The first-order chi connectivity index (χ1) is 30.5. The van der Waals surface area contributed by atoms with Crippen LogP contribution < -0.4 is 0 Å². The molecule has 2 fully saturated rings. The van der Waals surface area contributed by atoms with E-state index in [4.69, 9.17) is 9.47 Å². The molecule has 0 aromatic heterocycles. The minimum atomic E-state index is -0.262. The monoisotopic (exact) mass is 908 g/mol. The normalized spacial score (nSPS) is 16.8. The van der Waals surface area contributed by atoms with E-state index >= 15 is 0 Å². The molecule has 2 saturated heterocycles. The Morgan fingerprint density at radius 2 is 0.968 bits per heavy atom. The lowest BCUT2D eigenvalue weighted by molar-refractivity contribution is -0.151. The fourth-order valence-electron chi connectivity index (χ4n) is 9.73. The molecule has 0 saturated carbocycles. The van der Waals surface area contributed by atoms with E-state index in [0.29, 0.717) is 25.0 Å². The van der Waals surface area contributed by atoms with Crippen molar-refractivity contribution in [2.24, 2.45) is 23.7 Å². The summed E-state index contributed by atoms with van der Waals surface area (Å²) >= 11 is 0. The summed E-state index contributed by atoms with van der Waals surface area (Å²) in [6, 6.07) is 0. The first kappa shape index (κ1) is 57.7. The summed E-state index contributed by atoms with van der Waals surface area (Å²) in [5.41, 5.74) is 0. The fourth-order valence-corrected chi connectivity index (χ4v) is 11.8. The van der Waals surface area contributed by atoms with Crippen LogP contribution in [0, 0.1) is 30.1 Å². The van der Waals surface area contributed by atoms with Crippen LogP contribution in [0.3, 0.4) is 0 Å². The molecule has 2 atom stereocenters. The second-order valence-corrected chi connectivity index (χ2v) is 22.4. The quantitative estimate of drug-likeness (QED) is 0.0341. The third-order valence-corrected chi connectivity index (χ3v) is 16.5. The van der Waals surface area contributed by atoms with Crippen molar-refractivity contribution in [3.05, 3.63) is 6.42 Å². The maximum Gasteiger partial charge on any atom is 0.306 e. The Balaban J connectivity index is 1.45. The fraction of sp³-hybridized carbons (Fsp3) is 0.944. The molecule has 2 rings (SSSR count). The van der Waals surface area contributed by atoms with Crippen LogP contribution >= 0.6 is 21.6 Å². The number of likely N-dealkylation sites (tertiary alicyclic amines) is 2. The van der Waals surface area contributed by atoms with Crippen LogP contribution in [0.5, 0.6) is 0 Å². The van der Waals surface area contributed by atoms with Crippen molar-refractivity contribution in [1.82, 2.24) is 9.80 Å². The van der Waals surface area contributed by atoms with Gasteiger partial charge in [-0.15, -0.1) is 0 Å². The first-order valence-corrected chi connectivity index (χ1v) is 29.8. The molecule has 0 N–H and O–H groups in total. The molecule has 8 heteroatoms. The highest BCUT2D eigenvalue weighted by molar-refractivity contribution is 8.76. The Hall–Kier alpha value is -0.440. The maximum atomic E-state index is 12.5. The van der Waals surface area contributed by atoms with E-state index in [1.807, 2.05) is 0 Å². The molecule has 1 radical (unpaired) electrons. The molecular weight excluding hydrogens is 805 g/mol. The van der Waals surface area contributed by atoms with Crippen LogP contribution in [-0.2, 0) is 19.1 Å². The van der Waals surface area contributed by atoms with Gasteiger partial charge in [-0.2, -0.15) is 0 Å². The molecular formula is C54H103N2O4S2. The zero-order valence-corrected chi connectivity index (χ0v) is 43.3. The molecule has 0 aromatic carbocycles. The van der Waals surface area contributed by atoms with Crippen LogP contribution in [0.1, 0.15) is 240 Å². The number of nitrogens with zero attached hydrogens (tertiary/aromatic N) is 2. The third kappa shape index (κ3) is 33.1. The molecule has 0 spiro atoms. The molecule has 365 valence electrons. The largest absolute Gasteiger partial charge is 0.466 e. The molecule has 2 aliphatic rings. The predicted molar refractivity (Wildman–Crippen MR) is 273 cm³/mol. The number of ether oxygens (including phenoxy) is 2. The summed E-state index contributed by atoms with van der Waals surface area (Å²) in [5, 5.41) is 0. The summed E-state index contributed by atoms with van der Waals surface area (Å²) in [6.45, 7) is 17.5. The Kier molecular flexibility index (Phi) is 39.0. The summed E-state index contributed by atoms with van der Waals surface area (Å²) in [7, 11) is 4.14. The van der Waals surface area contributed by atoms with Gasteiger partial charge in [0.05, 0.1) is 26.1 Å². The van der Waals surface area contributed by atoms with E-state index in [0.717, 1.165) is 44.2 Å². The summed E-state index contributed by atoms with van der Waals surface area (Å²) in [4.78, 5) is 30.3. The van der Waals surface area contributed by atoms with Crippen molar-refractivity contribution in [1.29, 1.82) is 0 Å². The zero-order valence-electron chi connectivity index (χ0n) is 41.6. The van der Waals surface area contributed by atoms with E-state index in [1.54, 1.807) is 0 Å². The van der Waals surface area contributed by atoms with Crippen molar-refractivity contribution >= 4 is 33.5 Å². The number of carbonyl (C=O) groups excluding carboxylic acids is 2. The standard InChI is InChI=1S/C54H103N2O4S2/c1-5-9-13-17-19-23-27-49(26-21-15-11-7-3)30-25-31-50-34-39-55(40-35-50)43-46-61-62-47-44-56-41-36-51(37-42-56)38-45-59-53(57)32-33-54(58)60-48-52(28-22-16-12-8-4)29-24-20-18-14-10-6-2/h23,49-52H,5-22,24-48H2,1-4H3. The number of unbranched alkanes of at least 4 members (excludes halogenated alkanes) is 16.